The Bertz CT molecular complexity index is 765. The second kappa shape index (κ2) is 5.02. The number of nitrogens with zero attached hydrogens (tertiary/aromatic N) is 2. The average molecular weight is 263 g/mol. The van der Waals surface area contributed by atoms with E-state index in [1.807, 2.05) is 37.4 Å². The smallest absolute Gasteiger partial charge is 0.0729 e. The van der Waals surface area contributed by atoms with Crippen LogP contribution in [-0.4, -0.2) is 9.97 Å². The zero-order valence-electron chi connectivity index (χ0n) is 11.7. The number of hydrogen-bond acceptors (Lipinski definition) is 3. The third-order valence-electron chi connectivity index (χ3n) is 3.54. The standard InChI is InChI=1S/C17H17N3/c1-11-8-12(2)17(20-10-11)16(18)14-5-6-15-13(9-14)4-3-7-19-15/h3-10,16H,18H2,1-2H3. The molecule has 0 aliphatic rings. The number of nitrogens with two attached hydrogens (primary N) is 1. The summed E-state index contributed by atoms with van der Waals surface area (Å²) in [5.74, 6) is 0. The largest absolute Gasteiger partial charge is 0.319 e. The van der Waals surface area contributed by atoms with Crippen molar-refractivity contribution in [1.82, 2.24) is 9.97 Å². The van der Waals surface area contributed by atoms with Crippen LogP contribution in [0.3, 0.4) is 0 Å². The Morgan fingerprint density at radius 3 is 2.70 bits per heavy atom. The lowest BCUT2D eigenvalue weighted by molar-refractivity contribution is 0.817. The summed E-state index contributed by atoms with van der Waals surface area (Å²) < 4.78 is 0. The summed E-state index contributed by atoms with van der Waals surface area (Å²) in [5.41, 5.74) is 11.6. The van der Waals surface area contributed by atoms with E-state index in [0.717, 1.165) is 33.3 Å². The average Bonchev–Trinajstić information content (AvgIpc) is 2.46. The van der Waals surface area contributed by atoms with E-state index >= 15 is 0 Å². The zero-order chi connectivity index (χ0) is 14.1. The Balaban J connectivity index is 2.05. The Morgan fingerprint density at radius 1 is 1.05 bits per heavy atom. The molecule has 2 aromatic heterocycles. The van der Waals surface area contributed by atoms with Gasteiger partial charge in [-0.1, -0.05) is 18.2 Å². The highest BCUT2D eigenvalue weighted by molar-refractivity contribution is 5.79. The fourth-order valence-electron chi connectivity index (χ4n) is 2.50. The summed E-state index contributed by atoms with van der Waals surface area (Å²) in [6.45, 7) is 4.09. The molecule has 0 spiro atoms. The van der Waals surface area contributed by atoms with E-state index in [0.29, 0.717) is 0 Å². The molecule has 3 aromatic rings. The van der Waals surface area contributed by atoms with Crippen molar-refractivity contribution in [3.05, 3.63) is 71.2 Å². The molecular formula is C17H17N3. The predicted octanol–water partition coefficient (Wildman–Crippen LogP) is 3.29. The molecule has 0 fully saturated rings. The highest BCUT2D eigenvalue weighted by atomic mass is 14.8. The van der Waals surface area contributed by atoms with Gasteiger partial charge in [0.15, 0.2) is 0 Å². The maximum atomic E-state index is 6.38. The molecule has 3 nitrogen and oxygen atoms in total. The van der Waals surface area contributed by atoms with Crippen LogP contribution in [0.25, 0.3) is 10.9 Å². The van der Waals surface area contributed by atoms with E-state index in [-0.39, 0.29) is 6.04 Å². The fourth-order valence-corrected chi connectivity index (χ4v) is 2.50. The van der Waals surface area contributed by atoms with Crippen LogP contribution in [0.15, 0.2) is 48.8 Å². The molecule has 3 heteroatoms. The van der Waals surface area contributed by atoms with Gasteiger partial charge in [-0.05, 0) is 48.7 Å². The Hall–Kier alpha value is -2.26. The van der Waals surface area contributed by atoms with Gasteiger partial charge in [0, 0.05) is 17.8 Å². The summed E-state index contributed by atoms with van der Waals surface area (Å²) in [4.78, 5) is 8.82. The lowest BCUT2D eigenvalue weighted by atomic mass is 9.98. The first kappa shape index (κ1) is 12.8. The van der Waals surface area contributed by atoms with Crippen LogP contribution >= 0.6 is 0 Å². The van der Waals surface area contributed by atoms with Crippen molar-refractivity contribution in [2.24, 2.45) is 5.73 Å². The molecule has 100 valence electrons. The Morgan fingerprint density at radius 2 is 1.90 bits per heavy atom. The van der Waals surface area contributed by atoms with Crippen molar-refractivity contribution in [2.75, 3.05) is 0 Å². The molecule has 1 aromatic carbocycles. The first-order valence-corrected chi connectivity index (χ1v) is 6.68. The number of benzene rings is 1. The molecule has 0 saturated heterocycles. The topological polar surface area (TPSA) is 51.8 Å². The minimum absolute atomic E-state index is 0.208. The van der Waals surface area contributed by atoms with Gasteiger partial charge in [-0.2, -0.15) is 0 Å². The van der Waals surface area contributed by atoms with E-state index in [4.69, 9.17) is 5.73 Å². The Kier molecular flexibility index (Phi) is 3.20. The van der Waals surface area contributed by atoms with Crippen LogP contribution in [0.4, 0.5) is 0 Å². The van der Waals surface area contributed by atoms with Gasteiger partial charge in [-0.3, -0.25) is 9.97 Å². The van der Waals surface area contributed by atoms with Crippen molar-refractivity contribution in [2.45, 2.75) is 19.9 Å². The maximum absolute atomic E-state index is 6.38. The molecule has 1 atom stereocenters. The number of hydrogen-bond donors (Lipinski definition) is 1. The molecule has 20 heavy (non-hydrogen) atoms. The highest BCUT2D eigenvalue weighted by Gasteiger charge is 2.13. The lowest BCUT2D eigenvalue weighted by Crippen LogP contribution is -2.15. The number of aromatic nitrogens is 2. The summed E-state index contributed by atoms with van der Waals surface area (Å²) in [6.07, 6.45) is 3.67. The minimum Gasteiger partial charge on any atom is -0.319 e. The van der Waals surface area contributed by atoms with E-state index in [1.54, 1.807) is 6.20 Å². The third-order valence-corrected chi connectivity index (χ3v) is 3.54. The monoisotopic (exact) mass is 263 g/mol. The summed E-state index contributed by atoms with van der Waals surface area (Å²) in [5, 5.41) is 1.10. The molecular weight excluding hydrogens is 246 g/mol. The van der Waals surface area contributed by atoms with Crippen molar-refractivity contribution in [1.29, 1.82) is 0 Å². The number of rotatable bonds is 2. The summed E-state index contributed by atoms with van der Waals surface area (Å²) >= 11 is 0. The fraction of sp³-hybridized carbons (Fsp3) is 0.176. The lowest BCUT2D eigenvalue weighted by Gasteiger charge is -2.15. The van der Waals surface area contributed by atoms with Crippen LogP contribution < -0.4 is 5.73 Å². The first-order chi connectivity index (χ1) is 9.65. The van der Waals surface area contributed by atoms with Crippen LogP contribution in [0.5, 0.6) is 0 Å². The third kappa shape index (κ3) is 2.28. The number of pyridine rings is 2. The highest BCUT2D eigenvalue weighted by Crippen LogP contribution is 2.24. The summed E-state index contributed by atoms with van der Waals surface area (Å²) in [7, 11) is 0. The van der Waals surface area contributed by atoms with Crippen LogP contribution in [-0.2, 0) is 0 Å². The van der Waals surface area contributed by atoms with Gasteiger partial charge in [0.25, 0.3) is 0 Å². The van der Waals surface area contributed by atoms with Crippen LogP contribution in [0.2, 0.25) is 0 Å². The molecule has 2 heterocycles. The number of aryl methyl sites for hydroxylation is 2. The van der Waals surface area contributed by atoms with Crippen molar-refractivity contribution < 1.29 is 0 Å². The van der Waals surface area contributed by atoms with E-state index < -0.39 is 0 Å². The van der Waals surface area contributed by atoms with Crippen LogP contribution in [0, 0.1) is 13.8 Å². The molecule has 0 amide bonds. The molecule has 2 N–H and O–H groups in total. The zero-order valence-corrected chi connectivity index (χ0v) is 11.7. The molecule has 0 bridgehead atoms. The quantitative estimate of drug-likeness (QED) is 0.771. The van der Waals surface area contributed by atoms with Gasteiger partial charge < -0.3 is 5.73 Å². The minimum atomic E-state index is -0.208. The van der Waals surface area contributed by atoms with E-state index in [2.05, 4.69) is 29.0 Å². The summed E-state index contributed by atoms with van der Waals surface area (Å²) in [6, 6.07) is 12.0. The molecule has 0 aliphatic carbocycles. The maximum Gasteiger partial charge on any atom is 0.0729 e. The SMILES string of the molecule is Cc1cnc(C(N)c2ccc3ncccc3c2)c(C)c1. The molecule has 0 aliphatic heterocycles. The second-order valence-corrected chi connectivity index (χ2v) is 5.15. The Labute approximate surface area is 118 Å². The normalized spacial score (nSPS) is 12.6. The van der Waals surface area contributed by atoms with Crippen LogP contribution in [0.1, 0.15) is 28.4 Å². The molecule has 1 unspecified atom stereocenters. The van der Waals surface area contributed by atoms with E-state index in [1.165, 1.54) is 0 Å². The molecule has 3 rings (SSSR count). The molecule has 0 saturated carbocycles. The molecule has 0 radical (unpaired) electrons. The van der Waals surface area contributed by atoms with Gasteiger partial charge in [-0.15, -0.1) is 0 Å². The van der Waals surface area contributed by atoms with Gasteiger partial charge in [0.05, 0.1) is 17.3 Å². The predicted molar refractivity (Wildman–Crippen MR) is 81.5 cm³/mol. The van der Waals surface area contributed by atoms with Crippen molar-refractivity contribution in [3.63, 3.8) is 0 Å². The van der Waals surface area contributed by atoms with E-state index in [9.17, 15) is 0 Å². The van der Waals surface area contributed by atoms with Gasteiger partial charge in [0.2, 0.25) is 0 Å². The van der Waals surface area contributed by atoms with Crippen molar-refractivity contribution >= 4 is 10.9 Å². The van der Waals surface area contributed by atoms with Gasteiger partial charge in [-0.25, -0.2) is 0 Å². The number of fused-ring (bicyclic) bond motifs is 1. The van der Waals surface area contributed by atoms with Crippen molar-refractivity contribution in [3.8, 4) is 0 Å². The first-order valence-electron chi connectivity index (χ1n) is 6.68. The second-order valence-electron chi connectivity index (χ2n) is 5.15. The van der Waals surface area contributed by atoms with Gasteiger partial charge in [0.1, 0.15) is 0 Å². The van der Waals surface area contributed by atoms with Gasteiger partial charge >= 0.3 is 0 Å².